The smallest absolute Gasteiger partial charge is 0.0440 e. The van der Waals surface area contributed by atoms with Crippen molar-refractivity contribution in [3.05, 3.63) is 54.1 Å². The van der Waals surface area contributed by atoms with Gasteiger partial charge >= 0.3 is 0 Å². The number of nitrogens with two attached hydrogens (primary N) is 1. The monoisotopic (exact) mass is 226 g/mol. The van der Waals surface area contributed by atoms with Gasteiger partial charge in [0.15, 0.2) is 0 Å². The van der Waals surface area contributed by atoms with Crippen molar-refractivity contribution in [1.29, 1.82) is 0 Å². The van der Waals surface area contributed by atoms with Gasteiger partial charge in [0, 0.05) is 24.1 Å². The molecule has 0 fully saturated rings. The maximum atomic E-state index is 5.82. The number of benzene rings is 2. The van der Waals surface area contributed by atoms with Crippen LogP contribution in [0.25, 0.3) is 0 Å². The Hall–Kier alpha value is -1.96. The van der Waals surface area contributed by atoms with E-state index < -0.39 is 0 Å². The van der Waals surface area contributed by atoms with E-state index in [4.69, 9.17) is 5.73 Å². The Morgan fingerprint density at radius 3 is 2.53 bits per heavy atom. The van der Waals surface area contributed by atoms with Crippen molar-refractivity contribution in [3.63, 3.8) is 0 Å². The molecular formula is C15H18N2. The fourth-order valence-corrected chi connectivity index (χ4v) is 2.01. The Kier molecular flexibility index (Phi) is 3.33. The highest BCUT2D eigenvalue weighted by molar-refractivity contribution is 5.68. The second kappa shape index (κ2) is 4.91. The van der Waals surface area contributed by atoms with Crippen molar-refractivity contribution in [2.45, 2.75) is 13.3 Å². The van der Waals surface area contributed by atoms with Gasteiger partial charge < -0.3 is 10.6 Å². The van der Waals surface area contributed by atoms with Crippen LogP contribution in [0.3, 0.4) is 0 Å². The van der Waals surface area contributed by atoms with Gasteiger partial charge in [-0.25, -0.2) is 0 Å². The van der Waals surface area contributed by atoms with E-state index in [0.29, 0.717) is 0 Å². The molecule has 0 radical (unpaired) electrons. The Labute approximate surface area is 103 Å². The zero-order valence-corrected chi connectivity index (χ0v) is 10.4. The van der Waals surface area contributed by atoms with Crippen LogP contribution in [-0.4, -0.2) is 7.05 Å². The van der Waals surface area contributed by atoms with Crippen molar-refractivity contribution >= 4 is 17.1 Å². The number of nitrogen functional groups attached to an aromatic ring is 1. The molecule has 2 rings (SSSR count). The maximum absolute atomic E-state index is 5.82. The maximum Gasteiger partial charge on any atom is 0.0440 e. The molecule has 0 bridgehead atoms. The summed E-state index contributed by atoms with van der Waals surface area (Å²) < 4.78 is 0. The average molecular weight is 226 g/mol. The number of rotatable bonds is 3. The molecule has 0 atom stereocenters. The molecule has 2 nitrogen and oxygen atoms in total. The van der Waals surface area contributed by atoms with Crippen LogP contribution in [0.5, 0.6) is 0 Å². The molecule has 0 heterocycles. The molecule has 0 aliphatic heterocycles. The van der Waals surface area contributed by atoms with E-state index in [0.717, 1.165) is 17.8 Å². The number of para-hydroxylation sites is 1. The SMILES string of the molecule is CCc1ccccc1N(C)c1cccc(N)c1. The highest BCUT2D eigenvalue weighted by Crippen LogP contribution is 2.28. The molecule has 0 unspecified atom stereocenters. The first-order chi connectivity index (χ1) is 8.22. The van der Waals surface area contributed by atoms with Crippen molar-refractivity contribution < 1.29 is 0 Å². The molecule has 0 spiro atoms. The third-order valence-corrected chi connectivity index (χ3v) is 2.99. The van der Waals surface area contributed by atoms with Gasteiger partial charge in [0.25, 0.3) is 0 Å². The first kappa shape index (κ1) is 11.5. The summed E-state index contributed by atoms with van der Waals surface area (Å²) in [6.07, 6.45) is 1.03. The Balaban J connectivity index is 2.40. The van der Waals surface area contributed by atoms with E-state index in [9.17, 15) is 0 Å². The van der Waals surface area contributed by atoms with E-state index in [1.807, 2.05) is 18.2 Å². The lowest BCUT2D eigenvalue weighted by atomic mass is 10.1. The van der Waals surface area contributed by atoms with E-state index in [1.165, 1.54) is 11.3 Å². The summed E-state index contributed by atoms with van der Waals surface area (Å²) in [5, 5.41) is 0. The van der Waals surface area contributed by atoms with Crippen LogP contribution in [0.1, 0.15) is 12.5 Å². The second-order valence-corrected chi connectivity index (χ2v) is 4.14. The molecule has 0 saturated carbocycles. The van der Waals surface area contributed by atoms with Crippen molar-refractivity contribution in [1.82, 2.24) is 0 Å². The molecule has 0 aliphatic rings. The van der Waals surface area contributed by atoms with Crippen molar-refractivity contribution in [2.75, 3.05) is 17.7 Å². The quantitative estimate of drug-likeness (QED) is 0.810. The predicted octanol–water partition coefficient (Wildman–Crippen LogP) is 3.60. The summed E-state index contributed by atoms with van der Waals surface area (Å²) in [5.74, 6) is 0. The van der Waals surface area contributed by atoms with Crippen LogP contribution < -0.4 is 10.6 Å². The molecule has 0 aromatic heterocycles. The van der Waals surface area contributed by atoms with Crippen LogP contribution in [0.4, 0.5) is 17.1 Å². The zero-order chi connectivity index (χ0) is 12.3. The van der Waals surface area contributed by atoms with E-state index in [2.05, 4.69) is 49.2 Å². The van der Waals surface area contributed by atoms with E-state index in [-0.39, 0.29) is 0 Å². The van der Waals surface area contributed by atoms with Gasteiger partial charge in [0.05, 0.1) is 0 Å². The van der Waals surface area contributed by atoms with Gasteiger partial charge in [-0.3, -0.25) is 0 Å². The molecular weight excluding hydrogens is 208 g/mol. The highest BCUT2D eigenvalue weighted by atomic mass is 15.1. The normalized spacial score (nSPS) is 10.2. The topological polar surface area (TPSA) is 29.3 Å². The van der Waals surface area contributed by atoms with Gasteiger partial charge in [0.2, 0.25) is 0 Å². The van der Waals surface area contributed by atoms with E-state index >= 15 is 0 Å². The summed E-state index contributed by atoms with van der Waals surface area (Å²) in [5.41, 5.74) is 10.3. The minimum Gasteiger partial charge on any atom is -0.399 e. The van der Waals surface area contributed by atoms with Gasteiger partial charge in [-0.15, -0.1) is 0 Å². The largest absolute Gasteiger partial charge is 0.399 e. The molecule has 88 valence electrons. The predicted molar refractivity (Wildman–Crippen MR) is 74.7 cm³/mol. The van der Waals surface area contributed by atoms with Gasteiger partial charge in [0.1, 0.15) is 0 Å². The lowest BCUT2D eigenvalue weighted by molar-refractivity contribution is 1.09. The van der Waals surface area contributed by atoms with Gasteiger partial charge in [-0.05, 0) is 36.2 Å². The lowest BCUT2D eigenvalue weighted by Crippen LogP contribution is -2.11. The van der Waals surface area contributed by atoms with Crippen LogP contribution in [-0.2, 0) is 6.42 Å². The molecule has 0 saturated heterocycles. The fraction of sp³-hybridized carbons (Fsp3) is 0.200. The summed E-state index contributed by atoms with van der Waals surface area (Å²) in [6, 6.07) is 16.4. The minimum atomic E-state index is 0.795. The molecule has 2 heteroatoms. The van der Waals surface area contributed by atoms with Crippen LogP contribution in [0, 0.1) is 0 Å². The first-order valence-electron chi connectivity index (χ1n) is 5.89. The molecule has 2 aromatic carbocycles. The fourth-order valence-electron chi connectivity index (χ4n) is 2.01. The van der Waals surface area contributed by atoms with E-state index in [1.54, 1.807) is 0 Å². The summed E-state index contributed by atoms with van der Waals surface area (Å²) in [6.45, 7) is 2.17. The minimum absolute atomic E-state index is 0.795. The summed E-state index contributed by atoms with van der Waals surface area (Å²) in [7, 11) is 2.07. The molecule has 17 heavy (non-hydrogen) atoms. The zero-order valence-electron chi connectivity index (χ0n) is 10.4. The Morgan fingerprint density at radius 1 is 1.06 bits per heavy atom. The summed E-state index contributed by atoms with van der Waals surface area (Å²) >= 11 is 0. The van der Waals surface area contributed by atoms with Crippen LogP contribution in [0.2, 0.25) is 0 Å². The number of aryl methyl sites for hydroxylation is 1. The lowest BCUT2D eigenvalue weighted by Gasteiger charge is -2.22. The first-order valence-corrected chi connectivity index (χ1v) is 5.89. The molecule has 2 aromatic rings. The number of hydrogen-bond acceptors (Lipinski definition) is 2. The molecule has 0 amide bonds. The van der Waals surface area contributed by atoms with Crippen molar-refractivity contribution in [3.8, 4) is 0 Å². The van der Waals surface area contributed by atoms with Crippen molar-refractivity contribution in [2.24, 2.45) is 0 Å². The summed E-state index contributed by atoms with van der Waals surface area (Å²) in [4.78, 5) is 2.18. The van der Waals surface area contributed by atoms with Crippen LogP contribution >= 0.6 is 0 Å². The standard InChI is InChI=1S/C15H18N2/c1-3-12-7-4-5-10-15(12)17(2)14-9-6-8-13(16)11-14/h4-11H,3,16H2,1-2H3. The van der Waals surface area contributed by atoms with Crippen LogP contribution in [0.15, 0.2) is 48.5 Å². The molecule has 0 aliphatic carbocycles. The third-order valence-electron chi connectivity index (χ3n) is 2.99. The number of nitrogens with zero attached hydrogens (tertiary/aromatic N) is 1. The third kappa shape index (κ3) is 2.41. The number of hydrogen-bond donors (Lipinski definition) is 1. The Bertz CT molecular complexity index is 506. The number of anilines is 3. The molecule has 2 N–H and O–H groups in total. The highest BCUT2D eigenvalue weighted by Gasteiger charge is 2.07. The van der Waals surface area contributed by atoms with Gasteiger partial charge in [-0.1, -0.05) is 31.2 Å². The van der Waals surface area contributed by atoms with Gasteiger partial charge in [-0.2, -0.15) is 0 Å². The Morgan fingerprint density at radius 2 is 1.82 bits per heavy atom. The average Bonchev–Trinajstić information content (AvgIpc) is 2.38. The second-order valence-electron chi connectivity index (χ2n) is 4.14.